The SMILES string of the molecule is NNC(/C=N/O)c1ccccc1. The Hall–Kier alpha value is -1.39. The van der Waals surface area contributed by atoms with E-state index < -0.39 is 0 Å². The summed E-state index contributed by atoms with van der Waals surface area (Å²) in [6.07, 6.45) is 1.33. The summed E-state index contributed by atoms with van der Waals surface area (Å²) in [5.74, 6) is 5.24. The number of nitrogens with zero attached hydrogens (tertiary/aromatic N) is 1. The number of nitrogens with one attached hydrogen (secondary N) is 1. The molecule has 0 aromatic heterocycles. The monoisotopic (exact) mass is 165 g/mol. The summed E-state index contributed by atoms with van der Waals surface area (Å²) in [5, 5.41) is 11.2. The Morgan fingerprint density at radius 1 is 1.42 bits per heavy atom. The van der Waals surface area contributed by atoms with Gasteiger partial charge in [-0.15, -0.1) is 5.16 Å². The summed E-state index contributed by atoms with van der Waals surface area (Å²) in [6, 6.07) is 9.25. The lowest BCUT2D eigenvalue weighted by atomic mass is 10.1. The first-order chi connectivity index (χ1) is 5.88. The second kappa shape index (κ2) is 4.48. The molecule has 0 amide bonds. The van der Waals surface area contributed by atoms with E-state index in [4.69, 9.17) is 11.0 Å². The smallest absolute Gasteiger partial charge is 0.0845 e. The van der Waals surface area contributed by atoms with Crippen LogP contribution in [0.15, 0.2) is 35.5 Å². The van der Waals surface area contributed by atoms with Crippen LogP contribution < -0.4 is 11.3 Å². The van der Waals surface area contributed by atoms with Gasteiger partial charge < -0.3 is 5.21 Å². The second-order valence-electron chi connectivity index (χ2n) is 2.32. The van der Waals surface area contributed by atoms with Crippen LogP contribution >= 0.6 is 0 Å². The molecule has 0 aliphatic heterocycles. The molecule has 1 atom stereocenters. The predicted molar refractivity (Wildman–Crippen MR) is 46.8 cm³/mol. The number of nitrogens with two attached hydrogens (primary N) is 1. The van der Waals surface area contributed by atoms with Gasteiger partial charge in [0.25, 0.3) is 0 Å². The summed E-state index contributed by atoms with van der Waals surface area (Å²) in [7, 11) is 0. The van der Waals surface area contributed by atoms with Gasteiger partial charge in [0.15, 0.2) is 0 Å². The number of hydrogen-bond donors (Lipinski definition) is 3. The van der Waals surface area contributed by atoms with Gasteiger partial charge in [-0.3, -0.25) is 5.84 Å². The molecule has 4 N–H and O–H groups in total. The molecule has 1 aromatic carbocycles. The minimum atomic E-state index is -0.240. The highest BCUT2D eigenvalue weighted by molar-refractivity contribution is 5.66. The second-order valence-corrected chi connectivity index (χ2v) is 2.32. The number of oxime groups is 1. The Kier molecular flexibility index (Phi) is 3.25. The Balaban J connectivity index is 2.80. The quantitative estimate of drug-likeness (QED) is 0.266. The van der Waals surface area contributed by atoms with E-state index in [9.17, 15) is 0 Å². The van der Waals surface area contributed by atoms with Gasteiger partial charge in [0.2, 0.25) is 0 Å². The van der Waals surface area contributed by atoms with Crippen molar-refractivity contribution in [1.29, 1.82) is 0 Å². The maximum absolute atomic E-state index is 8.30. The first-order valence-corrected chi connectivity index (χ1v) is 3.57. The highest BCUT2D eigenvalue weighted by atomic mass is 16.4. The fraction of sp³-hybridized carbons (Fsp3) is 0.125. The zero-order valence-electron chi connectivity index (χ0n) is 6.51. The molecule has 12 heavy (non-hydrogen) atoms. The Labute approximate surface area is 70.7 Å². The predicted octanol–water partition coefficient (Wildman–Crippen LogP) is 0.651. The van der Waals surface area contributed by atoms with E-state index in [-0.39, 0.29) is 6.04 Å². The normalized spacial score (nSPS) is 13.4. The van der Waals surface area contributed by atoms with E-state index in [0.29, 0.717) is 0 Å². The molecule has 0 bridgehead atoms. The number of hydrazine groups is 1. The summed E-state index contributed by atoms with van der Waals surface area (Å²) in [5.41, 5.74) is 3.47. The van der Waals surface area contributed by atoms with Crippen LogP contribution in [0.5, 0.6) is 0 Å². The summed E-state index contributed by atoms with van der Waals surface area (Å²) in [4.78, 5) is 0. The Morgan fingerprint density at radius 2 is 2.08 bits per heavy atom. The van der Waals surface area contributed by atoms with E-state index in [1.807, 2.05) is 30.3 Å². The van der Waals surface area contributed by atoms with E-state index in [1.165, 1.54) is 6.21 Å². The molecular formula is C8H11N3O. The van der Waals surface area contributed by atoms with E-state index in [1.54, 1.807) is 0 Å². The molecule has 1 unspecified atom stereocenters. The molecule has 0 fully saturated rings. The van der Waals surface area contributed by atoms with Crippen molar-refractivity contribution in [3.05, 3.63) is 35.9 Å². The van der Waals surface area contributed by atoms with Gasteiger partial charge in [0.1, 0.15) is 0 Å². The van der Waals surface area contributed by atoms with Gasteiger partial charge in [-0.05, 0) is 5.56 Å². The molecule has 4 heteroatoms. The maximum Gasteiger partial charge on any atom is 0.0845 e. The molecule has 0 radical (unpaired) electrons. The molecule has 0 saturated heterocycles. The van der Waals surface area contributed by atoms with Crippen molar-refractivity contribution >= 4 is 6.21 Å². The molecule has 64 valence electrons. The van der Waals surface area contributed by atoms with E-state index in [0.717, 1.165) is 5.56 Å². The Bertz CT molecular complexity index is 248. The van der Waals surface area contributed by atoms with Crippen molar-refractivity contribution in [2.45, 2.75) is 6.04 Å². The van der Waals surface area contributed by atoms with Crippen LogP contribution in [-0.4, -0.2) is 11.4 Å². The first kappa shape index (κ1) is 8.70. The first-order valence-electron chi connectivity index (χ1n) is 3.57. The molecule has 1 rings (SSSR count). The highest BCUT2D eigenvalue weighted by Crippen LogP contribution is 2.08. The minimum absolute atomic E-state index is 0.240. The van der Waals surface area contributed by atoms with Crippen molar-refractivity contribution < 1.29 is 5.21 Å². The van der Waals surface area contributed by atoms with Crippen molar-refractivity contribution in [2.24, 2.45) is 11.0 Å². The van der Waals surface area contributed by atoms with Gasteiger partial charge in [-0.2, -0.15) is 0 Å². The molecule has 0 spiro atoms. The number of hydrogen-bond acceptors (Lipinski definition) is 4. The Morgan fingerprint density at radius 3 is 2.58 bits per heavy atom. The zero-order valence-corrected chi connectivity index (χ0v) is 6.51. The van der Waals surface area contributed by atoms with Gasteiger partial charge in [-0.25, -0.2) is 5.43 Å². The largest absolute Gasteiger partial charge is 0.411 e. The lowest BCUT2D eigenvalue weighted by Crippen LogP contribution is -2.28. The average Bonchev–Trinajstić information content (AvgIpc) is 2.15. The summed E-state index contributed by atoms with van der Waals surface area (Å²) < 4.78 is 0. The van der Waals surface area contributed by atoms with Crippen molar-refractivity contribution in [1.82, 2.24) is 5.43 Å². The fourth-order valence-corrected chi connectivity index (χ4v) is 0.952. The van der Waals surface area contributed by atoms with E-state index in [2.05, 4.69) is 10.6 Å². The molecule has 4 nitrogen and oxygen atoms in total. The van der Waals surface area contributed by atoms with Crippen LogP contribution in [0.1, 0.15) is 11.6 Å². The number of rotatable bonds is 3. The minimum Gasteiger partial charge on any atom is -0.411 e. The van der Waals surface area contributed by atoms with Crippen molar-refractivity contribution in [3.63, 3.8) is 0 Å². The van der Waals surface area contributed by atoms with Crippen LogP contribution in [0, 0.1) is 0 Å². The third-order valence-corrected chi connectivity index (χ3v) is 1.55. The van der Waals surface area contributed by atoms with Gasteiger partial charge in [0, 0.05) is 0 Å². The highest BCUT2D eigenvalue weighted by Gasteiger charge is 2.04. The van der Waals surface area contributed by atoms with Gasteiger partial charge in [-0.1, -0.05) is 30.3 Å². The van der Waals surface area contributed by atoms with Crippen LogP contribution in [0.2, 0.25) is 0 Å². The third-order valence-electron chi connectivity index (χ3n) is 1.55. The maximum atomic E-state index is 8.30. The molecular weight excluding hydrogens is 154 g/mol. The summed E-state index contributed by atoms with van der Waals surface area (Å²) in [6.45, 7) is 0. The fourth-order valence-electron chi connectivity index (χ4n) is 0.952. The van der Waals surface area contributed by atoms with Crippen LogP contribution in [0.25, 0.3) is 0 Å². The average molecular weight is 165 g/mol. The lowest BCUT2D eigenvalue weighted by molar-refractivity contribution is 0.319. The number of benzene rings is 1. The zero-order chi connectivity index (χ0) is 8.81. The van der Waals surface area contributed by atoms with Crippen LogP contribution in [0.3, 0.4) is 0 Å². The van der Waals surface area contributed by atoms with Crippen LogP contribution in [0.4, 0.5) is 0 Å². The van der Waals surface area contributed by atoms with Crippen molar-refractivity contribution in [2.75, 3.05) is 0 Å². The molecule has 0 heterocycles. The lowest BCUT2D eigenvalue weighted by Gasteiger charge is -2.08. The molecule has 1 aromatic rings. The molecule has 0 saturated carbocycles. The van der Waals surface area contributed by atoms with Crippen molar-refractivity contribution in [3.8, 4) is 0 Å². The molecule has 0 aliphatic carbocycles. The van der Waals surface area contributed by atoms with E-state index >= 15 is 0 Å². The third kappa shape index (κ3) is 2.05. The summed E-state index contributed by atoms with van der Waals surface area (Å²) >= 11 is 0. The molecule has 0 aliphatic rings. The van der Waals surface area contributed by atoms with Gasteiger partial charge in [0.05, 0.1) is 12.3 Å². The topological polar surface area (TPSA) is 70.6 Å². The van der Waals surface area contributed by atoms with Crippen LogP contribution in [-0.2, 0) is 0 Å². The standard InChI is InChI=1S/C8H11N3O/c9-11-8(6-10-12)7-4-2-1-3-5-7/h1-6,8,11-12H,9H2/b10-6+. The van der Waals surface area contributed by atoms with Gasteiger partial charge >= 0.3 is 0 Å².